The second-order valence-corrected chi connectivity index (χ2v) is 10.8. The van der Waals surface area contributed by atoms with Crippen LogP contribution in [0.3, 0.4) is 0 Å². The van der Waals surface area contributed by atoms with Gasteiger partial charge >= 0.3 is 5.97 Å². The van der Waals surface area contributed by atoms with Crippen molar-refractivity contribution >= 4 is 16.7 Å². The predicted octanol–water partition coefficient (Wildman–Crippen LogP) is 6.60. The first kappa shape index (κ1) is 24.6. The summed E-state index contributed by atoms with van der Waals surface area (Å²) in [5, 5.41) is 2.37. The lowest BCUT2D eigenvalue weighted by Crippen LogP contribution is -2.50. The fourth-order valence-corrected chi connectivity index (χ4v) is 4.92. The first-order valence-corrected chi connectivity index (χ1v) is 12.1. The van der Waals surface area contributed by atoms with Crippen LogP contribution in [-0.4, -0.2) is 36.7 Å². The number of carbonyl (C=O) groups is 1. The van der Waals surface area contributed by atoms with Gasteiger partial charge in [0.2, 0.25) is 0 Å². The predicted molar refractivity (Wildman–Crippen MR) is 132 cm³/mol. The molecule has 4 heteroatoms. The molecular weight excluding hydrogens is 398 g/mol. The highest BCUT2D eigenvalue weighted by molar-refractivity contribution is 5.84. The summed E-state index contributed by atoms with van der Waals surface area (Å²) in [6.45, 7) is 11.7. The van der Waals surface area contributed by atoms with Gasteiger partial charge in [0, 0.05) is 6.54 Å². The number of hydrogen-bond acceptors (Lipinski definition) is 4. The summed E-state index contributed by atoms with van der Waals surface area (Å²) in [7, 11) is 3.44. The van der Waals surface area contributed by atoms with Crippen LogP contribution in [0.1, 0.15) is 72.3 Å². The van der Waals surface area contributed by atoms with Crippen LogP contribution in [-0.2, 0) is 16.1 Å². The number of fused-ring (bicyclic) bond motifs is 1. The molecular formula is C28H41NO3. The minimum Gasteiger partial charge on any atom is -0.490 e. The van der Waals surface area contributed by atoms with E-state index in [0.717, 1.165) is 24.5 Å². The highest BCUT2D eigenvalue weighted by atomic mass is 16.5. The summed E-state index contributed by atoms with van der Waals surface area (Å²) in [5.74, 6) is 1.57. The van der Waals surface area contributed by atoms with Gasteiger partial charge in [-0.2, -0.15) is 0 Å². The van der Waals surface area contributed by atoms with Gasteiger partial charge < -0.3 is 9.47 Å². The lowest BCUT2D eigenvalue weighted by Gasteiger charge is -2.37. The average Bonchev–Trinajstić information content (AvgIpc) is 2.77. The summed E-state index contributed by atoms with van der Waals surface area (Å²) >= 11 is 0. The normalized spacial score (nSPS) is 21.4. The maximum atomic E-state index is 12.3. The van der Waals surface area contributed by atoms with E-state index in [2.05, 4.69) is 62.1 Å². The maximum Gasteiger partial charge on any atom is 0.325 e. The Balaban J connectivity index is 1.66. The summed E-state index contributed by atoms with van der Waals surface area (Å²) in [6, 6.07) is 12.9. The van der Waals surface area contributed by atoms with Gasteiger partial charge in [0.1, 0.15) is 11.3 Å². The van der Waals surface area contributed by atoms with Crippen molar-refractivity contribution in [3.05, 3.63) is 42.0 Å². The molecule has 0 amide bonds. The molecule has 32 heavy (non-hydrogen) atoms. The Morgan fingerprint density at radius 2 is 1.62 bits per heavy atom. The molecule has 1 aliphatic rings. The molecule has 2 aromatic carbocycles. The lowest BCUT2D eigenvalue weighted by atomic mass is 9.72. The summed E-state index contributed by atoms with van der Waals surface area (Å²) < 4.78 is 11.4. The number of benzene rings is 2. The Hall–Kier alpha value is -2.07. The Kier molecular flexibility index (Phi) is 7.54. The Labute approximate surface area is 194 Å². The largest absolute Gasteiger partial charge is 0.490 e. The second-order valence-electron chi connectivity index (χ2n) is 10.8. The number of methoxy groups -OCH3 is 1. The van der Waals surface area contributed by atoms with Crippen molar-refractivity contribution in [3.8, 4) is 5.75 Å². The van der Waals surface area contributed by atoms with Crippen LogP contribution in [0.25, 0.3) is 10.8 Å². The van der Waals surface area contributed by atoms with Gasteiger partial charge in [0.05, 0.1) is 13.2 Å². The van der Waals surface area contributed by atoms with Crippen LogP contribution in [0.2, 0.25) is 0 Å². The Morgan fingerprint density at radius 3 is 2.22 bits per heavy atom. The van der Waals surface area contributed by atoms with Crippen molar-refractivity contribution < 1.29 is 14.3 Å². The highest BCUT2D eigenvalue weighted by Crippen LogP contribution is 2.39. The van der Waals surface area contributed by atoms with Crippen molar-refractivity contribution in [1.82, 2.24) is 4.90 Å². The van der Waals surface area contributed by atoms with Gasteiger partial charge in [-0.25, -0.2) is 0 Å². The second kappa shape index (κ2) is 9.82. The third-order valence-corrected chi connectivity index (χ3v) is 7.65. The summed E-state index contributed by atoms with van der Waals surface area (Å²) in [4.78, 5) is 14.4. The van der Waals surface area contributed by atoms with E-state index in [-0.39, 0.29) is 5.97 Å². The molecule has 0 spiro atoms. The Bertz CT molecular complexity index is 924. The highest BCUT2D eigenvalue weighted by Gasteiger charge is 2.36. The fraction of sp³-hybridized carbons (Fsp3) is 0.607. The minimum absolute atomic E-state index is 0.193. The molecule has 1 fully saturated rings. The maximum absolute atomic E-state index is 12.3. The van der Waals surface area contributed by atoms with Gasteiger partial charge in [-0.15, -0.1) is 0 Å². The quantitative estimate of drug-likeness (QED) is 0.456. The minimum atomic E-state index is -0.632. The van der Waals surface area contributed by atoms with Crippen LogP contribution in [0.4, 0.5) is 0 Å². The van der Waals surface area contributed by atoms with E-state index in [4.69, 9.17) is 9.47 Å². The van der Waals surface area contributed by atoms with Gasteiger partial charge in [-0.1, -0.05) is 45.9 Å². The van der Waals surface area contributed by atoms with Crippen LogP contribution >= 0.6 is 0 Å². The fourth-order valence-electron chi connectivity index (χ4n) is 4.92. The molecule has 0 saturated heterocycles. The monoisotopic (exact) mass is 439 g/mol. The molecule has 0 radical (unpaired) electrons. The van der Waals surface area contributed by atoms with Crippen LogP contribution in [0.15, 0.2) is 36.4 Å². The van der Waals surface area contributed by atoms with Gasteiger partial charge in [-0.3, -0.25) is 9.69 Å². The molecule has 2 aromatic rings. The van der Waals surface area contributed by atoms with E-state index in [1.807, 2.05) is 20.9 Å². The molecule has 0 N–H and O–H groups in total. The molecule has 0 bridgehead atoms. The molecule has 3 rings (SSSR count). The number of rotatable bonds is 7. The first-order chi connectivity index (χ1) is 15.1. The molecule has 176 valence electrons. The zero-order valence-corrected chi connectivity index (χ0v) is 21.0. The summed E-state index contributed by atoms with van der Waals surface area (Å²) in [6.07, 6.45) is 5.80. The smallest absolute Gasteiger partial charge is 0.325 e. The van der Waals surface area contributed by atoms with Gasteiger partial charge in [0.25, 0.3) is 0 Å². The van der Waals surface area contributed by atoms with Crippen LogP contribution in [0, 0.1) is 11.3 Å². The molecule has 0 aliphatic heterocycles. The van der Waals surface area contributed by atoms with E-state index in [0.29, 0.717) is 24.5 Å². The van der Waals surface area contributed by atoms with Gasteiger partial charge in [0.15, 0.2) is 0 Å². The zero-order chi connectivity index (χ0) is 23.5. The standard InChI is InChI=1S/C28H41NO3/c1-8-28(5,26(30)31-7)29(6)19-20-9-10-22-18-25(14-11-21(22)17-20)32-24-15-12-23(13-16-24)27(2,3)4/h9-11,14,17-18,23-24H,8,12-13,15-16,19H2,1-7H3. The Morgan fingerprint density at radius 1 is 1.00 bits per heavy atom. The molecule has 0 aromatic heterocycles. The van der Waals surface area contributed by atoms with Crippen molar-refractivity contribution in [1.29, 1.82) is 0 Å². The van der Waals surface area contributed by atoms with E-state index < -0.39 is 5.54 Å². The number of hydrogen-bond donors (Lipinski definition) is 0. The zero-order valence-electron chi connectivity index (χ0n) is 21.0. The number of carbonyl (C=O) groups excluding carboxylic acids is 1. The number of ether oxygens (including phenoxy) is 2. The number of likely N-dealkylation sites (N-methyl/N-ethyl adjacent to an activating group) is 1. The number of nitrogens with zero attached hydrogens (tertiary/aromatic N) is 1. The topological polar surface area (TPSA) is 38.8 Å². The average molecular weight is 440 g/mol. The third kappa shape index (κ3) is 5.46. The van der Waals surface area contributed by atoms with Crippen molar-refractivity contribution in [2.24, 2.45) is 11.3 Å². The van der Waals surface area contributed by atoms with Crippen LogP contribution < -0.4 is 4.74 Å². The van der Waals surface area contributed by atoms with Crippen molar-refractivity contribution in [2.45, 2.75) is 84.9 Å². The molecule has 1 saturated carbocycles. The third-order valence-electron chi connectivity index (χ3n) is 7.65. The van der Waals surface area contributed by atoms with E-state index in [1.54, 1.807) is 0 Å². The lowest BCUT2D eigenvalue weighted by molar-refractivity contribution is -0.154. The van der Waals surface area contributed by atoms with E-state index in [1.165, 1.54) is 36.3 Å². The van der Waals surface area contributed by atoms with Crippen molar-refractivity contribution in [2.75, 3.05) is 14.2 Å². The van der Waals surface area contributed by atoms with E-state index in [9.17, 15) is 4.79 Å². The summed E-state index contributed by atoms with van der Waals surface area (Å²) in [5.41, 5.74) is 0.941. The number of esters is 1. The van der Waals surface area contributed by atoms with E-state index >= 15 is 0 Å². The SMILES string of the molecule is CCC(C)(C(=O)OC)N(C)Cc1ccc2cc(OC3CCC(C(C)(C)C)CC3)ccc2c1. The molecule has 1 unspecified atom stereocenters. The molecule has 1 aliphatic carbocycles. The first-order valence-electron chi connectivity index (χ1n) is 12.1. The molecule has 0 heterocycles. The van der Waals surface area contributed by atoms with Crippen LogP contribution in [0.5, 0.6) is 5.75 Å². The molecule has 4 nitrogen and oxygen atoms in total. The molecule has 1 atom stereocenters. The van der Waals surface area contributed by atoms with Gasteiger partial charge in [-0.05, 0) is 91.9 Å². The van der Waals surface area contributed by atoms with Crippen molar-refractivity contribution in [3.63, 3.8) is 0 Å².